The Bertz CT molecular complexity index is 873. The summed E-state index contributed by atoms with van der Waals surface area (Å²) in [7, 11) is 0. The van der Waals surface area contributed by atoms with Crippen molar-refractivity contribution in [1.29, 1.82) is 0 Å². The quantitative estimate of drug-likeness (QED) is 0.197. The van der Waals surface area contributed by atoms with Gasteiger partial charge in [0, 0.05) is 6.42 Å². The van der Waals surface area contributed by atoms with Crippen molar-refractivity contribution in [3.05, 3.63) is 29.8 Å². The first-order valence-corrected chi connectivity index (χ1v) is 11.6. The Hall–Kier alpha value is -3.18. The maximum atomic E-state index is 13.1. The number of benzene rings is 1. The van der Waals surface area contributed by atoms with E-state index in [9.17, 15) is 34.5 Å². The zero-order chi connectivity index (χ0) is 26.9. The zero-order valence-corrected chi connectivity index (χ0v) is 20.8. The third-order valence-corrected chi connectivity index (χ3v) is 5.86. The van der Waals surface area contributed by atoms with E-state index in [1.807, 2.05) is 13.8 Å². The fraction of sp³-hybridized carbons (Fsp3) is 0.583. The lowest BCUT2D eigenvalue weighted by Gasteiger charge is -2.28. The summed E-state index contributed by atoms with van der Waals surface area (Å²) in [6.07, 6.45) is -0.739. The molecule has 0 heterocycles. The van der Waals surface area contributed by atoms with Crippen molar-refractivity contribution >= 4 is 23.7 Å². The van der Waals surface area contributed by atoms with Crippen LogP contribution >= 0.6 is 0 Å². The molecule has 3 amide bonds. The molecule has 1 aromatic carbocycles. The number of nitrogens with two attached hydrogens (primary N) is 1. The number of carbonyl (C=O) groups is 4. The predicted octanol–water partition coefficient (Wildman–Crippen LogP) is -0.116. The minimum absolute atomic E-state index is 0.0130. The summed E-state index contributed by atoms with van der Waals surface area (Å²) >= 11 is 0. The molecule has 0 saturated carbocycles. The van der Waals surface area contributed by atoms with Crippen LogP contribution in [0.2, 0.25) is 0 Å². The summed E-state index contributed by atoms with van der Waals surface area (Å²) in [5, 5.41) is 36.0. The highest BCUT2D eigenvalue weighted by atomic mass is 16.4. The van der Waals surface area contributed by atoms with Gasteiger partial charge in [-0.25, -0.2) is 4.79 Å². The van der Waals surface area contributed by atoms with Crippen LogP contribution in [0.1, 0.15) is 46.6 Å². The molecule has 0 aromatic heterocycles. The summed E-state index contributed by atoms with van der Waals surface area (Å²) in [4.78, 5) is 50.1. The summed E-state index contributed by atoms with van der Waals surface area (Å²) in [6.45, 7) is 8.39. The van der Waals surface area contributed by atoms with E-state index in [-0.39, 0.29) is 24.0 Å². The van der Waals surface area contributed by atoms with Crippen molar-refractivity contribution in [1.82, 2.24) is 16.0 Å². The number of amides is 3. The van der Waals surface area contributed by atoms with Crippen molar-refractivity contribution in [2.45, 2.75) is 77.7 Å². The van der Waals surface area contributed by atoms with Gasteiger partial charge in [0.25, 0.3) is 0 Å². The second-order valence-electron chi connectivity index (χ2n) is 9.14. The van der Waals surface area contributed by atoms with Crippen LogP contribution < -0.4 is 21.7 Å². The van der Waals surface area contributed by atoms with Crippen LogP contribution in [0, 0.1) is 11.8 Å². The SMILES string of the molecule is CCC(C)C(N)C(=O)NC(C(=O)NC(Cc1ccc(O)cc1)C(=O)NC(C(=O)O)C(C)O)C(C)C. The van der Waals surface area contributed by atoms with E-state index in [1.54, 1.807) is 26.0 Å². The lowest BCUT2D eigenvalue weighted by Crippen LogP contribution is -2.60. The Morgan fingerprint density at radius 3 is 1.89 bits per heavy atom. The summed E-state index contributed by atoms with van der Waals surface area (Å²) < 4.78 is 0. The van der Waals surface area contributed by atoms with Crippen molar-refractivity contribution in [3.8, 4) is 5.75 Å². The molecule has 0 fully saturated rings. The van der Waals surface area contributed by atoms with Crippen LogP contribution in [0.5, 0.6) is 5.75 Å². The van der Waals surface area contributed by atoms with Gasteiger partial charge in [0.15, 0.2) is 6.04 Å². The number of carbonyl (C=O) groups excluding carboxylic acids is 3. The monoisotopic (exact) mass is 494 g/mol. The van der Waals surface area contributed by atoms with Gasteiger partial charge < -0.3 is 37.0 Å². The number of aliphatic hydroxyl groups excluding tert-OH is 1. The molecule has 0 aliphatic carbocycles. The molecule has 6 atom stereocenters. The van der Waals surface area contributed by atoms with E-state index in [2.05, 4.69) is 16.0 Å². The molecule has 11 heteroatoms. The van der Waals surface area contributed by atoms with Crippen molar-refractivity contribution in [2.75, 3.05) is 0 Å². The number of hydrogen-bond donors (Lipinski definition) is 7. The molecule has 196 valence electrons. The zero-order valence-electron chi connectivity index (χ0n) is 20.8. The first-order chi connectivity index (χ1) is 16.3. The van der Waals surface area contributed by atoms with Crippen LogP contribution in [-0.4, -0.2) is 69.3 Å². The minimum atomic E-state index is -1.59. The van der Waals surface area contributed by atoms with E-state index >= 15 is 0 Å². The van der Waals surface area contributed by atoms with Crippen molar-refractivity contribution < 1.29 is 34.5 Å². The van der Waals surface area contributed by atoms with Gasteiger partial charge in [-0.1, -0.05) is 46.2 Å². The lowest BCUT2D eigenvalue weighted by molar-refractivity contribution is -0.145. The standard InChI is InChI=1S/C24H38N4O7/c1-6-13(4)18(25)22(32)27-19(12(2)3)23(33)26-17(11-15-7-9-16(30)10-8-15)21(31)28-20(14(5)29)24(34)35/h7-10,12-14,17-20,29-30H,6,11,25H2,1-5H3,(H,26,33)(H,27,32)(H,28,31)(H,34,35). The Morgan fingerprint density at radius 1 is 0.886 bits per heavy atom. The van der Waals surface area contributed by atoms with E-state index in [4.69, 9.17) is 5.73 Å². The van der Waals surface area contributed by atoms with Crippen LogP contribution in [0.15, 0.2) is 24.3 Å². The molecule has 0 spiro atoms. The van der Waals surface area contributed by atoms with E-state index < -0.39 is 54.0 Å². The smallest absolute Gasteiger partial charge is 0.328 e. The summed E-state index contributed by atoms with van der Waals surface area (Å²) in [5.74, 6) is -3.84. The molecule has 0 saturated heterocycles. The van der Waals surface area contributed by atoms with Gasteiger partial charge in [-0.3, -0.25) is 14.4 Å². The third-order valence-electron chi connectivity index (χ3n) is 5.86. The molecule has 1 rings (SSSR count). The Kier molecular flexibility index (Phi) is 11.6. The summed E-state index contributed by atoms with van der Waals surface area (Å²) in [6, 6.07) is 1.30. The van der Waals surface area contributed by atoms with E-state index in [1.165, 1.54) is 19.1 Å². The molecule has 0 radical (unpaired) electrons. The van der Waals surface area contributed by atoms with Crippen molar-refractivity contribution in [3.63, 3.8) is 0 Å². The Morgan fingerprint density at radius 2 is 1.43 bits per heavy atom. The second kappa shape index (κ2) is 13.6. The number of aliphatic carboxylic acids is 1. The number of carboxylic acids is 1. The van der Waals surface area contributed by atoms with Gasteiger partial charge in [-0.2, -0.15) is 0 Å². The number of nitrogens with one attached hydrogen (secondary N) is 3. The topological polar surface area (TPSA) is 191 Å². The van der Waals surface area contributed by atoms with Gasteiger partial charge >= 0.3 is 5.97 Å². The first kappa shape index (κ1) is 29.9. The van der Waals surface area contributed by atoms with Gasteiger partial charge in [-0.05, 0) is 36.5 Å². The molecular weight excluding hydrogens is 456 g/mol. The second-order valence-corrected chi connectivity index (χ2v) is 9.14. The normalized spacial score (nSPS) is 16.3. The number of rotatable bonds is 13. The molecule has 1 aromatic rings. The Balaban J connectivity index is 3.14. The molecule has 0 bridgehead atoms. The van der Waals surface area contributed by atoms with E-state index in [0.29, 0.717) is 12.0 Å². The number of hydrogen-bond acceptors (Lipinski definition) is 7. The number of aromatic hydroxyl groups is 1. The van der Waals surface area contributed by atoms with Gasteiger partial charge in [0.2, 0.25) is 17.7 Å². The van der Waals surface area contributed by atoms with Crippen LogP contribution in [-0.2, 0) is 25.6 Å². The molecule has 11 nitrogen and oxygen atoms in total. The third kappa shape index (κ3) is 9.18. The summed E-state index contributed by atoms with van der Waals surface area (Å²) in [5.41, 5.74) is 6.57. The Labute approximate surface area is 205 Å². The molecule has 0 aliphatic rings. The molecule has 0 aliphatic heterocycles. The minimum Gasteiger partial charge on any atom is -0.508 e. The van der Waals surface area contributed by atoms with Crippen LogP contribution in [0.3, 0.4) is 0 Å². The average Bonchev–Trinajstić information content (AvgIpc) is 2.79. The highest BCUT2D eigenvalue weighted by Gasteiger charge is 2.33. The number of carboxylic acid groups (broad SMARTS) is 1. The largest absolute Gasteiger partial charge is 0.508 e. The lowest BCUT2D eigenvalue weighted by atomic mass is 9.97. The average molecular weight is 495 g/mol. The number of aliphatic hydroxyl groups is 1. The fourth-order valence-corrected chi connectivity index (χ4v) is 3.28. The number of phenols is 1. The molecular formula is C24H38N4O7. The molecule has 35 heavy (non-hydrogen) atoms. The maximum Gasteiger partial charge on any atom is 0.328 e. The van der Waals surface area contributed by atoms with E-state index in [0.717, 1.165) is 0 Å². The van der Waals surface area contributed by atoms with Gasteiger partial charge in [0.05, 0.1) is 12.1 Å². The maximum absolute atomic E-state index is 13.1. The molecule has 8 N–H and O–H groups in total. The first-order valence-electron chi connectivity index (χ1n) is 11.6. The van der Waals surface area contributed by atoms with Crippen LogP contribution in [0.4, 0.5) is 0 Å². The fourth-order valence-electron chi connectivity index (χ4n) is 3.28. The molecule has 6 unspecified atom stereocenters. The predicted molar refractivity (Wildman–Crippen MR) is 129 cm³/mol. The van der Waals surface area contributed by atoms with Gasteiger partial charge in [-0.15, -0.1) is 0 Å². The van der Waals surface area contributed by atoms with Crippen LogP contribution in [0.25, 0.3) is 0 Å². The van der Waals surface area contributed by atoms with Gasteiger partial charge in [0.1, 0.15) is 17.8 Å². The highest BCUT2D eigenvalue weighted by Crippen LogP contribution is 2.13. The van der Waals surface area contributed by atoms with Crippen molar-refractivity contribution in [2.24, 2.45) is 17.6 Å². The highest BCUT2D eigenvalue weighted by molar-refractivity contribution is 5.94. The number of phenolic OH excluding ortho intramolecular Hbond substituents is 1.